The Morgan fingerprint density at radius 3 is 2.67 bits per heavy atom. The van der Waals surface area contributed by atoms with Gasteiger partial charge in [-0.05, 0) is 32.9 Å². The van der Waals surface area contributed by atoms with Crippen molar-refractivity contribution in [3.8, 4) is 0 Å². The highest BCUT2D eigenvalue weighted by molar-refractivity contribution is 6.10. The van der Waals surface area contributed by atoms with E-state index < -0.39 is 11.5 Å². The number of carboxylic acids is 1. The molecule has 1 heterocycles. The summed E-state index contributed by atoms with van der Waals surface area (Å²) in [7, 11) is 0. The molecule has 5 heteroatoms. The van der Waals surface area contributed by atoms with Crippen molar-refractivity contribution in [1.29, 1.82) is 0 Å². The highest BCUT2D eigenvalue weighted by atomic mass is 16.4. The molecule has 18 heavy (non-hydrogen) atoms. The van der Waals surface area contributed by atoms with E-state index >= 15 is 0 Å². The number of likely N-dealkylation sites (N-methyl/N-ethyl adjacent to an activating group) is 1. The van der Waals surface area contributed by atoms with Crippen molar-refractivity contribution in [3.05, 3.63) is 23.8 Å². The Labute approximate surface area is 105 Å². The number of carbonyl (C=O) groups excluding carboxylic acids is 1. The third kappa shape index (κ3) is 1.63. The summed E-state index contributed by atoms with van der Waals surface area (Å²) in [6.07, 6.45) is 0. The molecule has 0 bridgehead atoms. The lowest BCUT2D eigenvalue weighted by Gasteiger charge is -2.43. The van der Waals surface area contributed by atoms with E-state index in [9.17, 15) is 14.7 Å². The molecule has 0 fully saturated rings. The van der Waals surface area contributed by atoms with Crippen molar-refractivity contribution in [3.63, 3.8) is 0 Å². The van der Waals surface area contributed by atoms with E-state index in [2.05, 4.69) is 5.32 Å². The van der Waals surface area contributed by atoms with Crippen molar-refractivity contribution >= 4 is 23.3 Å². The Hall–Kier alpha value is -2.04. The molecule has 0 saturated heterocycles. The van der Waals surface area contributed by atoms with Crippen LogP contribution in [0.25, 0.3) is 0 Å². The Balaban J connectivity index is 2.69. The van der Waals surface area contributed by atoms with E-state index in [0.29, 0.717) is 17.9 Å². The van der Waals surface area contributed by atoms with E-state index in [4.69, 9.17) is 0 Å². The minimum Gasteiger partial charge on any atom is -0.478 e. The number of nitrogens with zero attached hydrogens (tertiary/aromatic N) is 1. The summed E-state index contributed by atoms with van der Waals surface area (Å²) < 4.78 is 0. The number of nitrogens with one attached hydrogen (secondary N) is 1. The zero-order valence-electron chi connectivity index (χ0n) is 10.7. The van der Waals surface area contributed by atoms with Gasteiger partial charge in [-0.2, -0.15) is 0 Å². The lowest BCUT2D eigenvalue weighted by Crippen LogP contribution is -2.56. The topological polar surface area (TPSA) is 69.6 Å². The van der Waals surface area contributed by atoms with E-state index in [1.54, 1.807) is 32.0 Å². The van der Waals surface area contributed by atoms with Crippen LogP contribution in [0, 0.1) is 0 Å². The SMILES string of the molecule is CCN1c2c(cccc2C(=O)O)NC(=O)C1(C)C. The van der Waals surface area contributed by atoms with Gasteiger partial charge in [0.1, 0.15) is 5.54 Å². The first-order chi connectivity index (χ1) is 8.39. The summed E-state index contributed by atoms with van der Waals surface area (Å²) in [5.74, 6) is -1.11. The second-order valence-electron chi connectivity index (χ2n) is 4.76. The summed E-state index contributed by atoms with van der Waals surface area (Å²) in [6.45, 7) is 6.04. The number of carbonyl (C=O) groups is 2. The van der Waals surface area contributed by atoms with Crippen molar-refractivity contribution in [2.45, 2.75) is 26.3 Å². The molecule has 1 aromatic rings. The average Bonchev–Trinajstić information content (AvgIpc) is 2.29. The molecule has 0 aliphatic carbocycles. The molecule has 5 nitrogen and oxygen atoms in total. The molecule has 1 aliphatic rings. The fourth-order valence-corrected chi connectivity index (χ4v) is 2.34. The second-order valence-corrected chi connectivity index (χ2v) is 4.76. The molecule has 1 aromatic carbocycles. The number of hydrogen-bond donors (Lipinski definition) is 2. The van der Waals surface area contributed by atoms with Gasteiger partial charge in [-0.1, -0.05) is 6.07 Å². The first-order valence-electron chi connectivity index (χ1n) is 5.85. The number of carboxylic acid groups (broad SMARTS) is 1. The fraction of sp³-hybridized carbons (Fsp3) is 0.385. The highest BCUT2D eigenvalue weighted by Gasteiger charge is 2.41. The molecule has 2 N–H and O–H groups in total. The number of rotatable bonds is 2. The predicted octanol–water partition coefficient (Wildman–Crippen LogP) is 1.94. The summed E-state index contributed by atoms with van der Waals surface area (Å²) in [5, 5.41) is 12.0. The molecule has 0 aromatic heterocycles. The van der Waals surface area contributed by atoms with Crippen LogP contribution in [0.1, 0.15) is 31.1 Å². The summed E-state index contributed by atoms with van der Waals surface area (Å²) >= 11 is 0. The van der Waals surface area contributed by atoms with Gasteiger partial charge in [-0.25, -0.2) is 4.79 Å². The molecular weight excluding hydrogens is 232 g/mol. The number of para-hydroxylation sites is 1. The zero-order valence-corrected chi connectivity index (χ0v) is 10.7. The van der Waals surface area contributed by atoms with Crippen LogP contribution in [0.3, 0.4) is 0 Å². The van der Waals surface area contributed by atoms with Gasteiger partial charge in [0, 0.05) is 6.54 Å². The number of hydrogen-bond acceptors (Lipinski definition) is 3. The van der Waals surface area contributed by atoms with Crippen molar-refractivity contribution in [1.82, 2.24) is 0 Å². The molecule has 0 radical (unpaired) electrons. The maximum atomic E-state index is 12.0. The van der Waals surface area contributed by atoms with Crippen molar-refractivity contribution in [2.75, 3.05) is 16.8 Å². The second kappa shape index (κ2) is 4.01. The average molecular weight is 248 g/mol. The van der Waals surface area contributed by atoms with Crippen molar-refractivity contribution in [2.24, 2.45) is 0 Å². The predicted molar refractivity (Wildman–Crippen MR) is 69.1 cm³/mol. The Kier molecular flexibility index (Phi) is 2.77. The standard InChI is InChI=1S/C13H16N2O3/c1-4-15-10-8(11(16)17)6-5-7-9(10)14-12(18)13(15,2)3/h5-7H,4H2,1-3H3,(H,14,18)(H,16,17). The molecule has 1 aliphatic heterocycles. The largest absolute Gasteiger partial charge is 0.478 e. The van der Waals surface area contributed by atoms with Crippen LogP contribution in [0.2, 0.25) is 0 Å². The van der Waals surface area contributed by atoms with Gasteiger partial charge >= 0.3 is 5.97 Å². The molecule has 0 atom stereocenters. The summed E-state index contributed by atoms with van der Waals surface area (Å²) in [5.41, 5.74) is 0.591. The number of benzene rings is 1. The van der Waals surface area contributed by atoms with Crippen LogP contribution in [0.15, 0.2) is 18.2 Å². The molecule has 96 valence electrons. The molecule has 0 unspecified atom stereocenters. The Bertz CT molecular complexity index is 523. The number of fused-ring (bicyclic) bond motifs is 1. The number of aromatic carboxylic acids is 1. The maximum Gasteiger partial charge on any atom is 0.337 e. The van der Waals surface area contributed by atoms with Crippen molar-refractivity contribution < 1.29 is 14.7 Å². The van der Waals surface area contributed by atoms with Crippen LogP contribution in [0.4, 0.5) is 11.4 Å². The smallest absolute Gasteiger partial charge is 0.337 e. The van der Waals surface area contributed by atoms with E-state index in [1.807, 2.05) is 11.8 Å². The van der Waals surface area contributed by atoms with E-state index in [1.165, 1.54) is 0 Å². The van der Waals surface area contributed by atoms with Crippen LogP contribution in [-0.2, 0) is 4.79 Å². The van der Waals surface area contributed by atoms with Crippen LogP contribution >= 0.6 is 0 Å². The number of anilines is 2. The van der Waals surface area contributed by atoms with Gasteiger partial charge in [-0.3, -0.25) is 4.79 Å². The van der Waals surface area contributed by atoms with E-state index in [-0.39, 0.29) is 11.5 Å². The summed E-state index contributed by atoms with van der Waals surface area (Å²) in [4.78, 5) is 25.1. The van der Waals surface area contributed by atoms with E-state index in [0.717, 1.165) is 0 Å². The van der Waals surface area contributed by atoms with Gasteiger partial charge in [0.25, 0.3) is 0 Å². The highest BCUT2D eigenvalue weighted by Crippen LogP contribution is 2.39. The van der Waals surface area contributed by atoms with Gasteiger partial charge in [0.2, 0.25) is 5.91 Å². The third-order valence-electron chi connectivity index (χ3n) is 3.33. The maximum absolute atomic E-state index is 12.0. The molecule has 0 saturated carbocycles. The van der Waals surface area contributed by atoms with Gasteiger partial charge in [0.15, 0.2) is 0 Å². The lowest BCUT2D eigenvalue weighted by atomic mass is 9.94. The van der Waals surface area contributed by atoms with Crippen LogP contribution in [-0.4, -0.2) is 29.1 Å². The molecular formula is C13H16N2O3. The number of amides is 1. The third-order valence-corrected chi connectivity index (χ3v) is 3.33. The summed E-state index contributed by atoms with van der Waals surface area (Å²) in [6, 6.07) is 4.91. The van der Waals surface area contributed by atoms with Crippen LogP contribution < -0.4 is 10.2 Å². The molecule has 2 rings (SSSR count). The normalized spacial score (nSPS) is 17.1. The Morgan fingerprint density at radius 1 is 1.44 bits per heavy atom. The zero-order chi connectivity index (χ0) is 13.5. The van der Waals surface area contributed by atoms with Gasteiger partial charge in [0.05, 0.1) is 16.9 Å². The minimum absolute atomic E-state index is 0.126. The first kappa shape index (κ1) is 12.4. The Morgan fingerprint density at radius 2 is 2.11 bits per heavy atom. The van der Waals surface area contributed by atoms with Gasteiger partial charge in [-0.15, -0.1) is 0 Å². The first-order valence-corrected chi connectivity index (χ1v) is 5.85. The minimum atomic E-state index is -0.989. The van der Waals surface area contributed by atoms with Crippen LogP contribution in [0.5, 0.6) is 0 Å². The fourth-order valence-electron chi connectivity index (χ4n) is 2.34. The molecule has 1 amide bonds. The van der Waals surface area contributed by atoms with Gasteiger partial charge < -0.3 is 15.3 Å². The monoisotopic (exact) mass is 248 g/mol. The lowest BCUT2D eigenvalue weighted by molar-refractivity contribution is -0.120. The molecule has 0 spiro atoms. The quantitative estimate of drug-likeness (QED) is 0.839.